The van der Waals surface area contributed by atoms with Gasteiger partial charge in [0.25, 0.3) is 0 Å². The highest BCUT2D eigenvalue weighted by atomic mass is 32.2. The fraction of sp³-hybridized carbons (Fsp3) is 0.257. The maximum absolute atomic E-state index is 14.0. The first-order chi connectivity index (χ1) is 21.7. The number of fused-ring (bicyclic) bond motifs is 1. The van der Waals surface area contributed by atoms with E-state index < -0.39 is 5.25 Å². The van der Waals surface area contributed by atoms with Crippen LogP contribution in [0.2, 0.25) is 0 Å². The Hall–Kier alpha value is -3.99. The molecule has 2 atom stereocenters. The average molecular weight is 658 g/mol. The van der Waals surface area contributed by atoms with E-state index in [1.807, 2.05) is 54.6 Å². The third-order valence-corrected chi connectivity index (χ3v) is 10.1. The molecule has 1 aromatic heterocycles. The van der Waals surface area contributed by atoms with Gasteiger partial charge in [0, 0.05) is 26.7 Å². The number of amides is 1. The van der Waals surface area contributed by atoms with Crippen molar-refractivity contribution in [2.24, 2.45) is 5.92 Å². The zero-order valence-corrected chi connectivity index (χ0v) is 27.8. The predicted octanol–water partition coefficient (Wildman–Crippen LogP) is 8.53. The van der Waals surface area contributed by atoms with E-state index in [0.717, 1.165) is 51.5 Å². The third kappa shape index (κ3) is 8.19. The summed E-state index contributed by atoms with van der Waals surface area (Å²) in [5.74, 6) is -0.0730. The summed E-state index contributed by atoms with van der Waals surface area (Å²) in [6.07, 6.45) is 2.69. The first-order valence-corrected chi connectivity index (χ1v) is 17.0. The van der Waals surface area contributed by atoms with Gasteiger partial charge >= 0.3 is 5.97 Å². The molecule has 0 bridgehead atoms. The minimum absolute atomic E-state index is 0.00244. The van der Waals surface area contributed by atoms with Crippen molar-refractivity contribution in [3.8, 4) is 0 Å². The topological polar surface area (TPSA) is 96.5 Å². The Balaban J connectivity index is 1.35. The lowest BCUT2D eigenvalue weighted by Gasteiger charge is -2.19. The third-order valence-electron chi connectivity index (χ3n) is 7.46. The van der Waals surface area contributed by atoms with Gasteiger partial charge in [-0.1, -0.05) is 43.3 Å². The molecule has 0 radical (unpaired) electrons. The van der Waals surface area contributed by atoms with Gasteiger partial charge in [-0.3, -0.25) is 9.59 Å². The number of ether oxygens (including phenoxy) is 1. The standard InChI is InChI=1S/C35H35N3O4S3/c1-4-42-34(41)30-28-18-13-21(2)19-29(28)45-33(30)38-32(40)31(24-9-6-5-7-10-24)44-27-12-8-11-26(20-27)37-35(43)36-25-16-14-23(15-17-25)22(3)39/h5-12,14-17,20-21,31H,4,13,18-19H2,1-3H3,(H,38,40)(H2,36,37,43). The number of rotatable bonds is 10. The lowest BCUT2D eigenvalue weighted by atomic mass is 9.88. The number of carbonyl (C=O) groups is 3. The number of thioether (sulfide) groups is 1. The van der Waals surface area contributed by atoms with Crippen molar-refractivity contribution in [3.05, 3.63) is 106 Å². The van der Waals surface area contributed by atoms with E-state index in [4.69, 9.17) is 17.0 Å². The van der Waals surface area contributed by atoms with Crippen molar-refractivity contribution in [3.63, 3.8) is 0 Å². The van der Waals surface area contributed by atoms with Gasteiger partial charge in [-0.05, 0) is 105 Å². The summed E-state index contributed by atoms with van der Waals surface area (Å²) in [6.45, 7) is 5.80. The molecule has 45 heavy (non-hydrogen) atoms. The zero-order valence-electron chi connectivity index (χ0n) is 25.3. The van der Waals surface area contributed by atoms with E-state index in [1.54, 1.807) is 31.2 Å². The monoisotopic (exact) mass is 657 g/mol. The molecule has 2 unspecified atom stereocenters. The number of ketones is 1. The summed E-state index contributed by atoms with van der Waals surface area (Å²) in [5, 5.41) is 9.83. The highest BCUT2D eigenvalue weighted by Crippen LogP contribution is 2.42. The fourth-order valence-corrected chi connectivity index (χ4v) is 7.92. The van der Waals surface area contributed by atoms with Crippen molar-refractivity contribution < 1.29 is 19.1 Å². The van der Waals surface area contributed by atoms with E-state index in [-0.39, 0.29) is 24.3 Å². The molecule has 1 heterocycles. The minimum Gasteiger partial charge on any atom is -0.462 e. The second-order valence-electron chi connectivity index (χ2n) is 10.9. The Kier molecular flexibility index (Phi) is 10.7. The van der Waals surface area contributed by atoms with Crippen LogP contribution in [0.4, 0.5) is 16.4 Å². The van der Waals surface area contributed by atoms with Crippen molar-refractivity contribution in [2.75, 3.05) is 22.6 Å². The molecule has 0 aliphatic heterocycles. The summed E-state index contributed by atoms with van der Waals surface area (Å²) >= 11 is 8.43. The number of thiocarbonyl (C=S) groups is 1. The molecule has 0 saturated heterocycles. The van der Waals surface area contributed by atoms with Gasteiger partial charge in [0.1, 0.15) is 10.3 Å². The maximum atomic E-state index is 14.0. The van der Waals surface area contributed by atoms with Crippen molar-refractivity contribution in [1.29, 1.82) is 0 Å². The van der Waals surface area contributed by atoms with Crippen LogP contribution in [-0.4, -0.2) is 29.4 Å². The lowest BCUT2D eigenvalue weighted by Crippen LogP contribution is -2.21. The molecule has 5 rings (SSSR count). The zero-order chi connectivity index (χ0) is 31.9. The summed E-state index contributed by atoms with van der Waals surface area (Å²) in [4.78, 5) is 40.7. The number of Topliss-reactive ketones (excluding diaryl/α,β-unsaturated/α-hetero) is 1. The van der Waals surface area contributed by atoms with Crippen LogP contribution in [0.5, 0.6) is 0 Å². The smallest absolute Gasteiger partial charge is 0.341 e. The number of thiophene rings is 1. The molecule has 1 amide bonds. The molecule has 0 fully saturated rings. The second kappa shape index (κ2) is 14.9. The molecule has 0 spiro atoms. The SMILES string of the molecule is CCOC(=O)c1c(NC(=O)C(Sc2cccc(NC(=S)Nc3ccc(C(C)=O)cc3)c2)c2ccccc2)sc2c1CCC(C)C2. The van der Waals surface area contributed by atoms with Crippen LogP contribution in [0, 0.1) is 5.92 Å². The first kappa shape index (κ1) is 32.4. The molecule has 232 valence electrons. The number of anilines is 3. The number of hydrogen-bond donors (Lipinski definition) is 3. The van der Waals surface area contributed by atoms with Gasteiger partial charge in [-0.15, -0.1) is 23.1 Å². The van der Waals surface area contributed by atoms with Gasteiger partial charge < -0.3 is 20.7 Å². The summed E-state index contributed by atoms with van der Waals surface area (Å²) in [5.41, 5.74) is 4.50. The Morgan fingerprint density at radius 3 is 2.42 bits per heavy atom. The van der Waals surface area contributed by atoms with Crippen LogP contribution in [0.15, 0.2) is 83.8 Å². The van der Waals surface area contributed by atoms with Gasteiger partial charge in [0.15, 0.2) is 10.9 Å². The van der Waals surface area contributed by atoms with Gasteiger partial charge in [-0.25, -0.2) is 4.79 Å². The number of esters is 1. The number of nitrogens with one attached hydrogen (secondary N) is 3. The van der Waals surface area contributed by atoms with E-state index in [2.05, 4.69) is 22.9 Å². The maximum Gasteiger partial charge on any atom is 0.341 e. The largest absolute Gasteiger partial charge is 0.462 e. The Bertz CT molecular complexity index is 1700. The summed E-state index contributed by atoms with van der Waals surface area (Å²) in [6, 6.07) is 24.4. The summed E-state index contributed by atoms with van der Waals surface area (Å²) < 4.78 is 5.41. The van der Waals surface area contributed by atoms with Gasteiger partial charge in [0.05, 0.1) is 12.2 Å². The van der Waals surface area contributed by atoms with Gasteiger partial charge in [-0.2, -0.15) is 0 Å². The molecular formula is C35H35N3O4S3. The number of carbonyl (C=O) groups excluding carboxylic acids is 3. The molecule has 10 heteroatoms. The molecule has 4 aromatic rings. The lowest BCUT2D eigenvalue weighted by molar-refractivity contribution is -0.115. The van der Waals surface area contributed by atoms with Crippen molar-refractivity contribution >= 4 is 74.5 Å². The first-order valence-electron chi connectivity index (χ1n) is 14.8. The molecule has 3 aromatic carbocycles. The Morgan fingerprint density at radius 1 is 0.978 bits per heavy atom. The van der Waals surface area contributed by atoms with Crippen molar-refractivity contribution in [2.45, 2.75) is 50.2 Å². The molecule has 0 saturated carbocycles. The Labute approximate surface area is 277 Å². The number of benzene rings is 3. The summed E-state index contributed by atoms with van der Waals surface area (Å²) in [7, 11) is 0. The molecule has 3 N–H and O–H groups in total. The van der Waals surface area contributed by atoms with Crippen LogP contribution in [0.3, 0.4) is 0 Å². The predicted molar refractivity (Wildman–Crippen MR) is 188 cm³/mol. The van der Waals surface area contributed by atoms with Crippen molar-refractivity contribution in [1.82, 2.24) is 0 Å². The van der Waals surface area contributed by atoms with E-state index in [9.17, 15) is 14.4 Å². The highest BCUT2D eigenvalue weighted by Gasteiger charge is 2.31. The second-order valence-corrected chi connectivity index (χ2v) is 13.6. The Morgan fingerprint density at radius 2 is 1.71 bits per heavy atom. The quantitative estimate of drug-likeness (QED) is 0.0676. The van der Waals surface area contributed by atoms with E-state index in [1.165, 1.54) is 30.0 Å². The van der Waals surface area contributed by atoms with Crippen LogP contribution in [-0.2, 0) is 22.4 Å². The van der Waals surface area contributed by atoms with Gasteiger partial charge in [0.2, 0.25) is 5.91 Å². The minimum atomic E-state index is -0.584. The fourth-order valence-electron chi connectivity index (χ4n) is 5.20. The molecule has 1 aliphatic carbocycles. The molecule has 1 aliphatic rings. The van der Waals surface area contributed by atoms with E-state index >= 15 is 0 Å². The number of hydrogen-bond acceptors (Lipinski definition) is 7. The normalized spacial score (nSPS) is 14.5. The van der Waals surface area contributed by atoms with Crippen LogP contribution < -0.4 is 16.0 Å². The molecular weight excluding hydrogens is 623 g/mol. The van der Waals surface area contributed by atoms with E-state index in [0.29, 0.717) is 27.2 Å². The highest BCUT2D eigenvalue weighted by molar-refractivity contribution is 8.00. The average Bonchev–Trinajstić information content (AvgIpc) is 3.37. The van der Waals surface area contributed by atoms with Crippen LogP contribution in [0.25, 0.3) is 0 Å². The van der Waals surface area contributed by atoms with Crippen LogP contribution in [0.1, 0.15) is 69.2 Å². The molecule has 7 nitrogen and oxygen atoms in total. The van der Waals surface area contributed by atoms with Crippen LogP contribution >= 0.6 is 35.3 Å².